The lowest BCUT2D eigenvalue weighted by Gasteiger charge is -2.25. The molecular formula is C16H34O7. The fraction of sp³-hybridized carbons (Fsp3) is 1.00. The molecule has 0 aromatic heterocycles. The van der Waals surface area contributed by atoms with Crippen LogP contribution in [0.4, 0.5) is 0 Å². The van der Waals surface area contributed by atoms with Gasteiger partial charge >= 0.3 is 0 Å². The molecule has 0 rings (SSSR count). The molecule has 0 unspecified atom stereocenters. The van der Waals surface area contributed by atoms with E-state index in [1.54, 1.807) is 0 Å². The van der Waals surface area contributed by atoms with Crippen molar-refractivity contribution in [1.82, 2.24) is 0 Å². The molecular weight excluding hydrogens is 304 g/mol. The molecule has 7 nitrogen and oxygen atoms in total. The first-order valence-corrected chi connectivity index (χ1v) is 8.56. The van der Waals surface area contributed by atoms with E-state index < -0.39 is 31.0 Å². The highest BCUT2D eigenvalue weighted by Crippen LogP contribution is 2.09. The first-order chi connectivity index (χ1) is 11.0. The number of unbranched alkanes of at least 4 members (excludes halogenated alkanes) is 7. The van der Waals surface area contributed by atoms with Gasteiger partial charge in [0.25, 0.3) is 0 Å². The van der Waals surface area contributed by atoms with Crippen LogP contribution in [0, 0.1) is 0 Å². The molecule has 0 fully saturated rings. The van der Waals surface area contributed by atoms with Gasteiger partial charge in [0.2, 0.25) is 0 Å². The summed E-state index contributed by atoms with van der Waals surface area (Å²) in [6.45, 7) is -0.0792. The van der Waals surface area contributed by atoms with Gasteiger partial charge in [0.1, 0.15) is 24.4 Å². The maximum absolute atomic E-state index is 9.63. The first-order valence-electron chi connectivity index (χ1n) is 8.56. The summed E-state index contributed by atoms with van der Waals surface area (Å²) >= 11 is 0. The summed E-state index contributed by atoms with van der Waals surface area (Å²) in [5, 5.41) is 55.2. The summed E-state index contributed by atoms with van der Waals surface area (Å²) in [4.78, 5) is 0. The number of aliphatic hydroxyl groups excluding tert-OH is 6. The van der Waals surface area contributed by atoms with Gasteiger partial charge in [-0.2, -0.15) is 0 Å². The second-order valence-electron chi connectivity index (χ2n) is 5.93. The zero-order chi connectivity index (χ0) is 17.5. The Morgan fingerprint density at radius 2 is 1.09 bits per heavy atom. The largest absolute Gasteiger partial charge is 0.396 e. The first kappa shape index (κ1) is 22.7. The minimum absolute atomic E-state index is 0.127. The summed E-state index contributed by atoms with van der Waals surface area (Å²) in [7, 11) is 0. The standard InChI is InChI=1S/C16H34O7/c17-9-7-5-3-1-2-4-6-8-10-23-12-14(20)16(22)15(21)13(19)11-18/h13-22H,1-12H2/t13-,14+,15-,16-/m1/s1. The molecule has 23 heavy (non-hydrogen) atoms. The average Bonchev–Trinajstić information content (AvgIpc) is 2.57. The molecule has 0 aromatic rings. The van der Waals surface area contributed by atoms with Crippen molar-refractivity contribution in [3.63, 3.8) is 0 Å². The van der Waals surface area contributed by atoms with Crippen molar-refractivity contribution < 1.29 is 35.4 Å². The highest BCUT2D eigenvalue weighted by atomic mass is 16.5. The summed E-state index contributed by atoms with van der Waals surface area (Å²) in [5.74, 6) is 0. The predicted octanol–water partition coefficient (Wildman–Crippen LogP) is -0.448. The molecule has 0 saturated heterocycles. The molecule has 4 atom stereocenters. The van der Waals surface area contributed by atoms with Crippen LogP contribution in [0.25, 0.3) is 0 Å². The minimum Gasteiger partial charge on any atom is -0.396 e. The molecule has 0 radical (unpaired) electrons. The van der Waals surface area contributed by atoms with E-state index in [1.807, 2.05) is 0 Å². The van der Waals surface area contributed by atoms with Crippen LogP contribution in [0.2, 0.25) is 0 Å². The summed E-state index contributed by atoms with van der Waals surface area (Å²) in [6, 6.07) is 0. The van der Waals surface area contributed by atoms with Crippen molar-refractivity contribution in [2.75, 3.05) is 26.4 Å². The molecule has 0 heterocycles. The van der Waals surface area contributed by atoms with Crippen molar-refractivity contribution >= 4 is 0 Å². The summed E-state index contributed by atoms with van der Waals surface area (Å²) in [6.07, 6.45) is 2.51. The van der Waals surface area contributed by atoms with E-state index in [4.69, 9.17) is 14.9 Å². The summed E-state index contributed by atoms with van der Waals surface area (Å²) in [5.41, 5.74) is 0. The van der Waals surface area contributed by atoms with Gasteiger partial charge in [-0.3, -0.25) is 0 Å². The van der Waals surface area contributed by atoms with Crippen molar-refractivity contribution in [3.05, 3.63) is 0 Å². The van der Waals surface area contributed by atoms with Gasteiger partial charge in [0, 0.05) is 13.2 Å². The van der Waals surface area contributed by atoms with Crippen molar-refractivity contribution in [2.45, 2.75) is 75.8 Å². The number of aliphatic hydroxyl groups is 6. The molecule has 6 N–H and O–H groups in total. The van der Waals surface area contributed by atoms with E-state index in [2.05, 4.69) is 0 Å². The van der Waals surface area contributed by atoms with E-state index in [0.717, 1.165) is 44.9 Å². The molecule has 0 aromatic carbocycles. The lowest BCUT2D eigenvalue weighted by Crippen LogP contribution is -2.47. The molecule has 0 aliphatic rings. The quantitative estimate of drug-likeness (QED) is 0.210. The normalized spacial score (nSPS) is 17.0. The Labute approximate surface area is 138 Å². The highest BCUT2D eigenvalue weighted by Gasteiger charge is 2.29. The highest BCUT2D eigenvalue weighted by molar-refractivity contribution is 4.80. The van der Waals surface area contributed by atoms with Gasteiger partial charge < -0.3 is 35.4 Å². The van der Waals surface area contributed by atoms with Gasteiger partial charge in [0.05, 0.1) is 13.2 Å². The molecule has 0 bridgehead atoms. The second-order valence-corrected chi connectivity index (χ2v) is 5.93. The van der Waals surface area contributed by atoms with Gasteiger partial charge in [-0.15, -0.1) is 0 Å². The molecule has 140 valence electrons. The number of rotatable bonds is 16. The third kappa shape index (κ3) is 11.8. The van der Waals surface area contributed by atoms with Gasteiger partial charge in [0.15, 0.2) is 0 Å². The Balaban J connectivity index is 3.46. The summed E-state index contributed by atoms with van der Waals surface area (Å²) < 4.78 is 5.25. The van der Waals surface area contributed by atoms with Crippen LogP contribution in [0.15, 0.2) is 0 Å². The Morgan fingerprint density at radius 1 is 0.609 bits per heavy atom. The third-order valence-electron chi connectivity index (χ3n) is 3.81. The number of hydrogen-bond donors (Lipinski definition) is 6. The zero-order valence-electron chi connectivity index (χ0n) is 13.9. The van der Waals surface area contributed by atoms with Crippen LogP contribution in [0.5, 0.6) is 0 Å². The Morgan fingerprint density at radius 3 is 1.61 bits per heavy atom. The minimum atomic E-state index is -1.61. The Bertz CT molecular complexity index is 253. The smallest absolute Gasteiger partial charge is 0.111 e. The monoisotopic (exact) mass is 338 g/mol. The maximum atomic E-state index is 9.63. The van der Waals surface area contributed by atoms with E-state index in [0.29, 0.717) is 6.61 Å². The van der Waals surface area contributed by atoms with Gasteiger partial charge in [-0.25, -0.2) is 0 Å². The second kappa shape index (κ2) is 15.3. The number of hydrogen-bond acceptors (Lipinski definition) is 7. The predicted molar refractivity (Wildman–Crippen MR) is 86.0 cm³/mol. The SMILES string of the molecule is OCCCCCCCCCCOC[C@H](O)[C@@H](O)[C@H](O)[C@H](O)CO. The van der Waals surface area contributed by atoms with Crippen LogP contribution >= 0.6 is 0 Å². The lowest BCUT2D eigenvalue weighted by atomic mass is 10.0. The zero-order valence-corrected chi connectivity index (χ0v) is 13.9. The molecule has 0 aliphatic heterocycles. The topological polar surface area (TPSA) is 131 Å². The van der Waals surface area contributed by atoms with Gasteiger partial charge in [-0.1, -0.05) is 38.5 Å². The molecule has 0 aliphatic carbocycles. The molecule has 0 amide bonds. The van der Waals surface area contributed by atoms with Crippen LogP contribution in [0.1, 0.15) is 51.4 Å². The Hall–Kier alpha value is -0.280. The van der Waals surface area contributed by atoms with Crippen LogP contribution in [-0.2, 0) is 4.74 Å². The van der Waals surface area contributed by atoms with E-state index in [-0.39, 0.29) is 13.2 Å². The maximum Gasteiger partial charge on any atom is 0.111 e. The van der Waals surface area contributed by atoms with Crippen LogP contribution < -0.4 is 0 Å². The average molecular weight is 338 g/mol. The fourth-order valence-electron chi connectivity index (χ4n) is 2.24. The lowest BCUT2D eigenvalue weighted by molar-refractivity contribution is -0.129. The molecule has 7 heteroatoms. The van der Waals surface area contributed by atoms with Crippen molar-refractivity contribution in [2.24, 2.45) is 0 Å². The van der Waals surface area contributed by atoms with Crippen molar-refractivity contribution in [3.8, 4) is 0 Å². The Kier molecular flexibility index (Phi) is 15.1. The van der Waals surface area contributed by atoms with Crippen molar-refractivity contribution in [1.29, 1.82) is 0 Å². The number of ether oxygens (including phenoxy) is 1. The molecule has 0 saturated carbocycles. The molecule has 0 spiro atoms. The van der Waals surface area contributed by atoms with E-state index >= 15 is 0 Å². The van der Waals surface area contributed by atoms with Crippen LogP contribution in [0.3, 0.4) is 0 Å². The fourth-order valence-corrected chi connectivity index (χ4v) is 2.24. The third-order valence-corrected chi connectivity index (χ3v) is 3.81. The van der Waals surface area contributed by atoms with E-state index in [1.165, 1.54) is 6.42 Å². The van der Waals surface area contributed by atoms with E-state index in [9.17, 15) is 20.4 Å². The van der Waals surface area contributed by atoms with Crippen LogP contribution in [-0.4, -0.2) is 81.5 Å². The van der Waals surface area contributed by atoms with Gasteiger partial charge in [-0.05, 0) is 12.8 Å².